The third kappa shape index (κ3) is 3.52. The summed E-state index contributed by atoms with van der Waals surface area (Å²) in [5.41, 5.74) is 0.967. The molecule has 22 heavy (non-hydrogen) atoms. The van der Waals surface area contributed by atoms with Gasteiger partial charge in [-0.2, -0.15) is 0 Å². The predicted octanol–water partition coefficient (Wildman–Crippen LogP) is 1.24. The van der Waals surface area contributed by atoms with E-state index in [0.717, 1.165) is 24.6 Å². The molecular formula is C16H19N5O. The van der Waals surface area contributed by atoms with Crippen molar-refractivity contribution < 1.29 is 4.79 Å². The second-order valence-corrected chi connectivity index (χ2v) is 5.15. The summed E-state index contributed by atoms with van der Waals surface area (Å²) in [5, 5.41) is 3.16. The molecule has 3 rings (SSSR count). The van der Waals surface area contributed by atoms with Gasteiger partial charge in [0.1, 0.15) is 5.82 Å². The van der Waals surface area contributed by atoms with Crippen LogP contribution >= 0.6 is 0 Å². The van der Waals surface area contributed by atoms with Crippen molar-refractivity contribution in [3.8, 4) is 0 Å². The zero-order valence-corrected chi connectivity index (χ0v) is 12.4. The average molecular weight is 297 g/mol. The first-order valence-corrected chi connectivity index (χ1v) is 7.40. The summed E-state index contributed by atoms with van der Waals surface area (Å²) >= 11 is 0. The van der Waals surface area contributed by atoms with Gasteiger partial charge in [-0.05, 0) is 12.1 Å². The van der Waals surface area contributed by atoms with Crippen LogP contribution in [0.2, 0.25) is 0 Å². The minimum atomic E-state index is 0.127. The highest BCUT2D eigenvalue weighted by atomic mass is 16.2. The Morgan fingerprint density at radius 1 is 1.09 bits per heavy atom. The number of para-hydroxylation sites is 1. The molecular weight excluding hydrogens is 278 g/mol. The van der Waals surface area contributed by atoms with Gasteiger partial charge < -0.3 is 15.1 Å². The topological polar surface area (TPSA) is 61.4 Å². The van der Waals surface area contributed by atoms with E-state index in [0.29, 0.717) is 19.6 Å². The van der Waals surface area contributed by atoms with Gasteiger partial charge in [-0.15, -0.1) is 0 Å². The number of nitrogens with one attached hydrogen (secondary N) is 1. The summed E-state index contributed by atoms with van der Waals surface area (Å²) < 4.78 is 0. The molecule has 0 bridgehead atoms. The number of hydrogen-bond acceptors (Lipinski definition) is 5. The second-order valence-electron chi connectivity index (χ2n) is 5.15. The van der Waals surface area contributed by atoms with Crippen LogP contribution in [-0.2, 0) is 4.79 Å². The van der Waals surface area contributed by atoms with Crippen molar-refractivity contribution in [1.82, 2.24) is 14.9 Å². The average Bonchev–Trinajstić information content (AvgIpc) is 2.61. The fourth-order valence-corrected chi connectivity index (χ4v) is 2.48. The molecule has 1 aromatic heterocycles. The van der Waals surface area contributed by atoms with Crippen LogP contribution in [-0.4, -0.2) is 53.5 Å². The van der Waals surface area contributed by atoms with Gasteiger partial charge in [0.15, 0.2) is 0 Å². The third-order valence-corrected chi connectivity index (χ3v) is 3.72. The molecule has 1 aliphatic heterocycles. The van der Waals surface area contributed by atoms with Gasteiger partial charge in [-0.3, -0.25) is 9.78 Å². The number of hydrogen-bond donors (Lipinski definition) is 1. The van der Waals surface area contributed by atoms with E-state index in [9.17, 15) is 4.79 Å². The monoisotopic (exact) mass is 297 g/mol. The second kappa shape index (κ2) is 6.89. The molecule has 1 aliphatic rings. The maximum absolute atomic E-state index is 12.2. The van der Waals surface area contributed by atoms with Crippen LogP contribution in [0.25, 0.3) is 0 Å². The molecule has 0 aliphatic carbocycles. The maximum atomic E-state index is 12.2. The third-order valence-electron chi connectivity index (χ3n) is 3.72. The number of carbonyl (C=O) groups is 1. The van der Waals surface area contributed by atoms with Crippen LogP contribution in [0, 0.1) is 0 Å². The Hall–Kier alpha value is -2.63. The lowest BCUT2D eigenvalue weighted by atomic mass is 10.3. The van der Waals surface area contributed by atoms with Gasteiger partial charge in [-0.25, -0.2) is 4.98 Å². The Morgan fingerprint density at radius 3 is 2.55 bits per heavy atom. The summed E-state index contributed by atoms with van der Waals surface area (Å²) in [6.45, 7) is 3.33. The molecule has 6 heteroatoms. The molecule has 0 radical (unpaired) electrons. The van der Waals surface area contributed by atoms with Crippen molar-refractivity contribution in [1.29, 1.82) is 0 Å². The first-order chi connectivity index (χ1) is 10.8. The van der Waals surface area contributed by atoms with E-state index < -0.39 is 0 Å². The Morgan fingerprint density at radius 2 is 1.86 bits per heavy atom. The van der Waals surface area contributed by atoms with Gasteiger partial charge in [0, 0.05) is 44.3 Å². The normalized spacial score (nSPS) is 14.7. The highest BCUT2D eigenvalue weighted by molar-refractivity contribution is 5.81. The predicted molar refractivity (Wildman–Crippen MR) is 85.8 cm³/mol. The molecule has 1 fully saturated rings. The van der Waals surface area contributed by atoms with E-state index in [4.69, 9.17) is 0 Å². The molecule has 1 aromatic carbocycles. The van der Waals surface area contributed by atoms with Crippen molar-refractivity contribution in [2.45, 2.75) is 0 Å². The van der Waals surface area contributed by atoms with Crippen LogP contribution in [0.4, 0.5) is 11.5 Å². The van der Waals surface area contributed by atoms with Crippen molar-refractivity contribution in [3.05, 3.63) is 48.9 Å². The zero-order chi connectivity index (χ0) is 15.2. The smallest absolute Gasteiger partial charge is 0.241 e. The lowest BCUT2D eigenvalue weighted by Gasteiger charge is -2.35. The SMILES string of the molecule is O=C(CNc1ccccc1)N1CCN(c2cnccn2)CC1. The Kier molecular flexibility index (Phi) is 4.48. The van der Waals surface area contributed by atoms with Crippen molar-refractivity contribution in [2.24, 2.45) is 0 Å². The first kappa shape index (κ1) is 14.3. The standard InChI is InChI=1S/C16H19N5O/c22-16(13-19-14-4-2-1-3-5-14)21-10-8-20(9-11-21)15-12-17-6-7-18-15/h1-7,12,19H,8-11,13H2. The Labute approximate surface area is 129 Å². The summed E-state index contributed by atoms with van der Waals surface area (Å²) in [6.07, 6.45) is 5.11. The molecule has 1 N–H and O–H groups in total. The number of rotatable bonds is 4. The largest absolute Gasteiger partial charge is 0.376 e. The lowest BCUT2D eigenvalue weighted by molar-refractivity contribution is -0.129. The minimum absolute atomic E-state index is 0.127. The van der Waals surface area contributed by atoms with Crippen LogP contribution in [0.1, 0.15) is 0 Å². The molecule has 1 amide bonds. The molecule has 6 nitrogen and oxygen atoms in total. The van der Waals surface area contributed by atoms with E-state index in [1.54, 1.807) is 18.6 Å². The molecule has 114 valence electrons. The zero-order valence-electron chi connectivity index (χ0n) is 12.4. The van der Waals surface area contributed by atoms with Crippen LogP contribution in [0.15, 0.2) is 48.9 Å². The van der Waals surface area contributed by atoms with Crippen LogP contribution in [0.5, 0.6) is 0 Å². The molecule has 0 spiro atoms. The molecule has 2 heterocycles. The fraction of sp³-hybridized carbons (Fsp3) is 0.312. The summed E-state index contributed by atoms with van der Waals surface area (Å²) in [6, 6.07) is 9.77. The van der Waals surface area contributed by atoms with Crippen molar-refractivity contribution in [3.63, 3.8) is 0 Å². The van der Waals surface area contributed by atoms with E-state index in [1.165, 1.54) is 0 Å². The molecule has 0 saturated carbocycles. The molecule has 0 unspecified atom stereocenters. The van der Waals surface area contributed by atoms with Gasteiger partial charge >= 0.3 is 0 Å². The quantitative estimate of drug-likeness (QED) is 0.920. The number of nitrogens with zero attached hydrogens (tertiary/aromatic N) is 4. The number of aromatic nitrogens is 2. The highest BCUT2D eigenvalue weighted by Crippen LogP contribution is 2.12. The van der Waals surface area contributed by atoms with E-state index >= 15 is 0 Å². The maximum Gasteiger partial charge on any atom is 0.241 e. The lowest BCUT2D eigenvalue weighted by Crippen LogP contribution is -2.50. The molecule has 0 atom stereocenters. The van der Waals surface area contributed by atoms with Crippen LogP contribution in [0.3, 0.4) is 0 Å². The molecule has 1 saturated heterocycles. The number of amides is 1. The van der Waals surface area contributed by atoms with Gasteiger partial charge in [-0.1, -0.05) is 18.2 Å². The highest BCUT2D eigenvalue weighted by Gasteiger charge is 2.21. The van der Waals surface area contributed by atoms with Crippen molar-refractivity contribution in [2.75, 3.05) is 42.9 Å². The fourth-order valence-electron chi connectivity index (χ4n) is 2.48. The van der Waals surface area contributed by atoms with Gasteiger partial charge in [0.2, 0.25) is 5.91 Å². The Bertz CT molecular complexity index is 596. The number of anilines is 2. The van der Waals surface area contributed by atoms with E-state index in [-0.39, 0.29) is 5.91 Å². The van der Waals surface area contributed by atoms with Crippen molar-refractivity contribution >= 4 is 17.4 Å². The number of piperazine rings is 1. The molecule has 2 aromatic rings. The van der Waals surface area contributed by atoms with E-state index in [2.05, 4.69) is 20.2 Å². The van der Waals surface area contributed by atoms with Gasteiger partial charge in [0.25, 0.3) is 0 Å². The summed E-state index contributed by atoms with van der Waals surface area (Å²) in [5.74, 6) is 1.000. The first-order valence-electron chi connectivity index (χ1n) is 7.40. The van der Waals surface area contributed by atoms with E-state index in [1.807, 2.05) is 35.2 Å². The summed E-state index contributed by atoms with van der Waals surface area (Å²) in [4.78, 5) is 24.7. The number of benzene rings is 1. The minimum Gasteiger partial charge on any atom is -0.376 e. The Balaban J connectivity index is 1.48. The number of carbonyl (C=O) groups excluding carboxylic acids is 1. The van der Waals surface area contributed by atoms with Gasteiger partial charge in [0.05, 0.1) is 12.7 Å². The summed E-state index contributed by atoms with van der Waals surface area (Å²) in [7, 11) is 0. The van der Waals surface area contributed by atoms with Crippen LogP contribution < -0.4 is 10.2 Å².